The number of nitrogens with one attached hydrogen (secondary N) is 1. The van der Waals surface area contributed by atoms with E-state index < -0.39 is 29.3 Å². The van der Waals surface area contributed by atoms with Gasteiger partial charge in [-0.15, -0.1) is 0 Å². The number of nitrogen functional groups attached to an aromatic ring is 3. The van der Waals surface area contributed by atoms with Gasteiger partial charge in [-0.2, -0.15) is 0 Å². The Morgan fingerprint density at radius 1 is 0.540 bits per heavy atom. The molecule has 0 radical (unpaired) electrons. The molecule has 7 N–H and O–H groups in total. The molecule has 0 bridgehead atoms. The van der Waals surface area contributed by atoms with Crippen LogP contribution in [-0.2, 0) is 9.47 Å². The average Bonchev–Trinajstić information content (AvgIpc) is 3.15. The van der Waals surface area contributed by atoms with Crippen LogP contribution in [0, 0.1) is 0 Å². The summed E-state index contributed by atoms with van der Waals surface area (Å²) in [7, 11) is 1.33. The lowest BCUT2D eigenvalue weighted by Crippen LogP contribution is -2.15. The number of nitrogens with two attached hydrogens (primary N) is 3. The molecule has 4 aromatic carbocycles. The molecule has 0 aliphatic rings. The lowest BCUT2D eigenvalue weighted by Gasteiger charge is -2.06. The molecule has 0 atom stereocenters. The average molecular weight is 691 g/mol. The van der Waals surface area contributed by atoms with Gasteiger partial charge in [-0.1, -0.05) is 104 Å². The first-order chi connectivity index (χ1) is 24.1. The highest BCUT2D eigenvalue weighted by Crippen LogP contribution is 2.16. The maximum absolute atomic E-state index is 11.8. The first kappa shape index (κ1) is 46.0. The summed E-state index contributed by atoms with van der Waals surface area (Å²) in [5.74, 6) is -2.72. The first-order valence-corrected chi connectivity index (χ1v) is 16.1. The van der Waals surface area contributed by atoms with Gasteiger partial charge in [0.15, 0.2) is 0 Å². The summed E-state index contributed by atoms with van der Waals surface area (Å²) in [6, 6.07) is 26.2. The number of aromatic amines is 1. The van der Waals surface area contributed by atoms with Crippen LogP contribution in [0.1, 0.15) is 86.5 Å². The second-order valence-corrected chi connectivity index (χ2v) is 8.28. The Hall–Kier alpha value is -6.17. The zero-order valence-electron chi connectivity index (χ0n) is 30.2. The van der Waals surface area contributed by atoms with Crippen molar-refractivity contribution in [2.24, 2.45) is 0 Å². The highest BCUT2D eigenvalue weighted by molar-refractivity contribution is 6.06. The highest BCUT2D eigenvalue weighted by atomic mass is 16.6. The number of hydrogen-bond acceptors (Lipinski definition) is 11. The van der Waals surface area contributed by atoms with Crippen LogP contribution < -0.4 is 28.6 Å². The number of para-hydroxylation sites is 4. The first-order valence-electron chi connectivity index (χ1n) is 16.1. The third kappa shape index (κ3) is 15.2. The second-order valence-electron chi connectivity index (χ2n) is 8.28. The summed E-state index contributed by atoms with van der Waals surface area (Å²) in [6.07, 6.45) is 0. The van der Waals surface area contributed by atoms with Crippen LogP contribution in [0.4, 0.5) is 17.1 Å². The fraction of sp³-hybridized carbons (Fsp3) is 0.237. The number of rotatable bonds is 3. The van der Waals surface area contributed by atoms with E-state index in [9.17, 15) is 24.0 Å². The van der Waals surface area contributed by atoms with Gasteiger partial charge in [-0.3, -0.25) is 4.98 Å². The van der Waals surface area contributed by atoms with E-state index in [0.717, 1.165) is 0 Å². The van der Waals surface area contributed by atoms with Crippen molar-refractivity contribution in [3.63, 3.8) is 0 Å². The number of methoxy groups -OCH3 is 1. The van der Waals surface area contributed by atoms with Crippen LogP contribution in [0.25, 0.3) is 10.9 Å². The molecule has 5 aromatic rings. The van der Waals surface area contributed by atoms with Crippen molar-refractivity contribution in [1.29, 1.82) is 0 Å². The third-order valence-corrected chi connectivity index (χ3v) is 5.48. The molecule has 12 heteroatoms. The number of aromatic nitrogens is 1. The topological polar surface area (TPSA) is 211 Å². The summed E-state index contributed by atoms with van der Waals surface area (Å²) >= 11 is 0. The van der Waals surface area contributed by atoms with Crippen LogP contribution in [-0.4, -0.2) is 30.0 Å². The Balaban J connectivity index is 0. The Bertz CT molecular complexity index is 1790. The Morgan fingerprint density at radius 2 is 0.880 bits per heavy atom. The summed E-state index contributed by atoms with van der Waals surface area (Å²) < 4.78 is 13.6. The van der Waals surface area contributed by atoms with Crippen LogP contribution in [0.2, 0.25) is 0 Å². The zero-order chi connectivity index (χ0) is 38.6. The molecule has 1 aromatic heterocycles. The molecule has 12 nitrogen and oxygen atoms in total. The van der Waals surface area contributed by atoms with Crippen molar-refractivity contribution in [3.8, 4) is 0 Å². The molecule has 0 amide bonds. The molecule has 0 aliphatic carbocycles. The summed E-state index contributed by atoms with van der Waals surface area (Å²) in [5, 5.41) is 0.386. The van der Waals surface area contributed by atoms with Gasteiger partial charge in [0.25, 0.3) is 0 Å². The lowest BCUT2D eigenvalue weighted by atomic mass is 10.1. The molecule has 0 spiro atoms. The van der Waals surface area contributed by atoms with E-state index in [-0.39, 0.29) is 22.5 Å². The van der Waals surface area contributed by atoms with Crippen LogP contribution in [0.5, 0.6) is 0 Å². The number of ether oxygens (including phenoxy) is 2. The van der Waals surface area contributed by atoms with E-state index in [1.165, 1.54) is 19.2 Å². The van der Waals surface area contributed by atoms with Gasteiger partial charge in [0.1, 0.15) is 0 Å². The third-order valence-electron chi connectivity index (χ3n) is 5.48. The fourth-order valence-electron chi connectivity index (χ4n) is 3.40. The molecule has 1 heterocycles. The number of hydrogen-bond donors (Lipinski definition) is 4. The number of anilines is 3. The van der Waals surface area contributed by atoms with Gasteiger partial charge >= 0.3 is 29.3 Å². The standard InChI is InChI=1S/C14H12N2O3.C8H5NO3.C8H9NO2.4C2H6/c15-11-7-3-1-5-9(11)13(17)19-14(18)10-6-2-4-8-12(10)16;10-7-5-3-1-2-4-6(5)9-8(11)12-7;1-11-8(10)6-4-2-3-5-7(6)9;4*1-2/h1-8H,15-16H2;1-4H,(H,9,11);2-5H,9H2,1H3;4*1-2H3. The van der Waals surface area contributed by atoms with Crippen molar-refractivity contribution in [2.75, 3.05) is 24.3 Å². The second kappa shape index (κ2) is 26.9. The quantitative estimate of drug-likeness (QED) is 0.0827. The zero-order valence-corrected chi connectivity index (χ0v) is 30.2. The molecule has 0 aliphatic heterocycles. The molecular formula is C38H50N4O8. The van der Waals surface area contributed by atoms with Crippen molar-refractivity contribution >= 4 is 45.9 Å². The van der Waals surface area contributed by atoms with E-state index >= 15 is 0 Å². The lowest BCUT2D eigenvalue weighted by molar-refractivity contribution is 0.0398. The number of carbonyl (C=O) groups excluding carboxylic acids is 3. The minimum atomic E-state index is -0.800. The monoisotopic (exact) mass is 690 g/mol. The van der Waals surface area contributed by atoms with Crippen LogP contribution in [0.3, 0.4) is 0 Å². The molecule has 0 unspecified atom stereocenters. The fourth-order valence-corrected chi connectivity index (χ4v) is 3.40. The Labute approximate surface area is 293 Å². The number of fused-ring (bicyclic) bond motifs is 1. The predicted molar refractivity (Wildman–Crippen MR) is 202 cm³/mol. The minimum absolute atomic E-state index is 0.144. The molecule has 5 rings (SSSR count). The largest absolute Gasteiger partial charge is 0.465 e. The number of carbonyl (C=O) groups is 3. The van der Waals surface area contributed by atoms with Crippen molar-refractivity contribution in [3.05, 3.63) is 135 Å². The van der Waals surface area contributed by atoms with Crippen LogP contribution >= 0.6 is 0 Å². The predicted octanol–water partition coefficient (Wildman–Crippen LogP) is 7.49. The van der Waals surface area contributed by atoms with Gasteiger partial charge in [0, 0.05) is 17.1 Å². The number of H-pyrrole nitrogens is 1. The van der Waals surface area contributed by atoms with E-state index in [1.54, 1.807) is 84.9 Å². The molecule has 50 heavy (non-hydrogen) atoms. The minimum Gasteiger partial charge on any atom is -0.465 e. The Morgan fingerprint density at radius 3 is 1.26 bits per heavy atom. The van der Waals surface area contributed by atoms with Crippen molar-refractivity contribution in [2.45, 2.75) is 55.4 Å². The molecule has 0 fully saturated rings. The number of benzene rings is 4. The summed E-state index contributed by atoms with van der Waals surface area (Å²) in [5.41, 5.74) is 18.3. The molecule has 0 saturated carbocycles. The van der Waals surface area contributed by atoms with Crippen LogP contribution in [0.15, 0.2) is 111 Å². The van der Waals surface area contributed by atoms with Gasteiger partial charge < -0.3 is 31.1 Å². The summed E-state index contributed by atoms with van der Waals surface area (Å²) in [6.45, 7) is 16.0. The van der Waals surface area contributed by atoms with Crippen molar-refractivity contribution in [1.82, 2.24) is 4.98 Å². The van der Waals surface area contributed by atoms with Crippen molar-refractivity contribution < 1.29 is 28.3 Å². The SMILES string of the molecule is CC.CC.CC.CC.COC(=O)c1ccccc1N.Nc1ccccc1C(=O)OC(=O)c1ccccc1N.O=c1[nH]c2ccccc2c(=O)o1. The normalized spacial score (nSPS) is 8.74. The smallest absolute Gasteiger partial charge is 0.419 e. The van der Waals surface area contributed by atoms with E-state index in [4.69, 9.17) is 21.9 Å². The Kier molecular flexibility index (Phi) is 24.7. The highest BCUT2D eigenvalue weighted by Gasteiger charge is 2.18. The molecule has 270 valence electrons. The van der Waals surface area contributed by atoms with Gasteiger partial charge in [-0.05, 0) is 48.5 Å². The van der Waals surface area contributed by atoms with Gasteiger partial charge in [-0.25, -0.2) is 24.0 Å². The summed E-state index contributed by atoms with van der Waals surface area (Å²) in [4.78, 5) is 58.6. The maximum atomic E-state index is 11.8. The molecule has 0 saturated heterocycles. The molecular weight excluding hydrogens is 640 g/mol. The van der Waals surface area contributed by atoms with E-state index in [1.807, 2.05) is 55.4 Å². The van der Waals surface area contributed by atoms with Gasteiger partial charge in [0.05, 0.1) is 34.7 Å². The number of esters is 3. The van der Waals surface area contributed by atoms with Gasteiger partial charge in [0.2, 0.25) is 0 Å². The van der Waals surface area contributed by atoms with E-state index in [2.05, 4.69) is 14.1 Å². The van der Waals surface area contributed by atoms with E-state index in [0.29, 0.717) is 22.2 Å². The maximum Gasteiger partial charge on any atom is 0.419 e.